The van der Waals surface area contributed by atoms with E-state index in [0.717, 1.165) is 59.6 Å². The van der Waals surface area contributed by atoms with E-state index in [1.165, 1.54) is 47.7 Å². The molecule has 6 aromatic carbocycles. The van der Waals surface area contributed by atoms with Crippen LogP contribution in [0, 0.1) is 0 Å². The number of benzene rings is 6. The molecule has 0 saturated heterocycles. The van der Waals surface area contributed by atoms with Gasteiger partial charge in [0.2, 0.25) is 0 Å². The van der Waals surface area contributed by atoms with E-state index in [9.17, 15) is 19.2 Å². The molecule has 0 aliphatic heterocycles. The summed E-state index contributed by atoms with van der Waals surface area (Å²) >= 11 is -5.28. The number of carbonyl (C=O) groups is 4. The van der Waals surface area contributed by atoms with Crippen LogP contribution in [0.5, 0.6) is 0 Å². The van der Waals surface area contributed by atoms with Crippen LogP contribution in [0.15, 0.2) is 216 Å². The van der Waals surface area contributed by atoms with Gasteiger partial charge in [0.1, 0.15) is 0 Å². The van der Waals surface area contributed by atoms with Gasteiger partial charge in [-0.1, -0.05) is 0 Å². The average Bonchev–Trinajstić information content (AvgIpc) is 4.20. The Morgan fingerprint density at radius 1 is 0.403 bits per heavy atom. The summed E-state index contributed by atoms with van der Waals surface area (Å²) in [6, 6.07) is 55.2. The van der Waals surface area contributed by atoms with Crippen molar-refractivity contribution in [2.45, 2.75) is 20.7 Å². The summed E-state index contributed by atoms with van der Waals surface area (Å²) in [5, 5.41) is 11.8. The van der Waals surface area contributed by atoms with Crippen molar-refractivity contribution in [1.29, 1.82) is 0 Å². The summed E-state index contributed by atoms with van der Waals surface area (Å²) in [5.74, 6) is 0. The Morgan fingerprint density at radius 2 is 0.731 bits per heavy atom. The first-order valence-corrected chi connectivity index (χ1v) is 30.9. The summed E-state index contributed by atoms with van der Waals surface area (Å²) in [5.41, 5.74) is 12.1. The standard InChI is InChI=1S/2C16H13N2O2.4C6H5.Hf.2Sn/c2*19-9-17-14-7-3-6-12-8-13(11-4-1-2-5-11)16(15(12)14)18-10-20;4*1-2-4-6-5-3-1;;;/h2*1-4,6-10H,5H2,(H,17,19)(H,18,20);4*1-5H;;;. The number of allylic oxidation sites excluding steroid dienone is 10. The Hall–Kier alpha value is -5.89. The molecule has 0 heterocycles. The number of rotatable bonds is 16. The monoisotopic (exact) mass is 1260 g/mol. The van der Waals surface area contributed by atoms with Crippen LogP contribution in [0.4, 0.5) is 11.4 Å². The number of hydrogen-bond acceptors (Lipinski definition) is 4. The number of amides is 4. The van der Waals surface area contributed by atoms with E-state index < -0.39 is 39.5 Å². The van der Waals surface area contributed by atoms with Gasteiger partial charge in [-0.3, -0.25) is 0 Å². The molecule has 0 saturated carbocycles. The molecular formula is C56H46HfN4O4Sn2. The molecule has 6 aromatic rings. The summed E-state index contributed by atoms with van der Waals surface area (Å²) < 4.78 is 5.90. The third-order valence-electron chi connectivity index (χ3n) is 12.4. The molecule has 0 bridgehead atoms. The van der Waals surface area contributed by atoms with Gasteiger partial charge in [-0.15, -0.1) is 0 Å². The molecule has 0 spiro atoms. The topological polar surface area (TPSA) is 116 Å². The molecule has 10 rings (SSSR count). The second-order valence-electron chi connectivity index (χ2n) is 16.0. The summed E-state index contributed by atoms with van der Waals surface area (Å²) in [6.07, 6.45) is 17.3. The van der Waals surface area contributed by atoms with Gasteiger partial charge in [0.05, 0.1) is 0 Å². The zero-order chi connectivity index (χ0) is 45.2. The van der Waals surface area contributed by atoms with Crippen LogP contribution in [-0.4, -0.2) is 65.2 Å². The van der Waals surface area contributed by atoms with Crippen molar-refractivity contribution >= 4 is 102 Å². The number of carbonyl (C=O) groups excluding carboxylic acids is 4. The number of fused-ring (bicyclic) bond motifs is 2. The van der Waals surface area contributed by atoms with Crippen molar-refractivity contribution in [2.24, 2.45) is 0 Å². The molecule has 0 fully saturated rings. The zero-order valence-electron chi connectivity index (χ0n) is 36.5. The molecule has 4 N–H and O–H groups in total. The second-order valence-corrected chi connectivity index (χ2v) is 30.6. The minimum Gasteiger partial charge on any atom is 0 e. The first kappa shape index (κ1) is 47.6. The van der Waals surface area contributed by atoms with E-state index >= 15 is 0 Å². The van der Waals surface area contributed by atoms with Gasteiger partial charge in [0.15, 0.2) is 0 Å². The molecule has 326 valence electrons. The number of nitrogens with one attached hydrogen (secondary N) is 4. The molecule has 4 amide bonds. The summed E-state index contributed by atoms with van der Waals surface area (Å²) in [6.45, 7) is 0. The van der Waals surface area contributed by atoms with E-state index in [-0.39, 0.29) is 33.7 Å². The maximum absolute atomic E-state index is 11.8. The Kier molecular flexibility index (Phi) is 16.2. The zero-order valence-corrected chi connectivity index (χ0v) is 45.8. The molecule has 2 radical (unpaired) electrons. The SMILES string of the molecule is O=CNC1=C(C2=CC=CC2)[CH]([Sn]([c]2ccccc2)[c]2ccccc2)c2cccc(NC=O)c21.O=CNC1=C(C2=CC=CC2)[CH]([Sn]([c]2ccccc2)[c]2ccccc2)c2cccc(NC=O)c21.[Hf]. The fraction of sp³-hybridized carbons (Fsp3) is 0.0714. The van der Waals surface area contributed by atoms with E-state index in [2.05, 4.69) is 191 Å². The van der Waals surface area contributed by atoms with E-state index in [1.54, 1.807) is 0 Å². The Balaban J connectivity index is 0.000000179. The van der Waals surface area contributed by atoms with Gasteiger partial charge in [-0.25, -0.2) is 0 Å². The Morgan fingerprint density at radius 3 is 1.01 bits per heavy atom. The van der Waals surface area contributed by atoms with Gasteiger partial charge in [0, 0.05) is 25.8 Å². The van der Waals surface area contributed by atoms with Crippen LogP contribution in [0.3, 0.4) is 0 Å². The molecule has 2 unspecified atom stereocenters. The number of anilines is 2. The van der Waals surface area contributed by atoms with Crippen LogP contribution in [0.25, 0.3) is 11.4 Å². The average molecular weight is 1250 g/mol. The van der Waals surface area contributed by atoms with Crippen molar-refractivity contribution in [3.05, 3.63) is 239 Å². The molecule has 0 aromatic heterocycles. The van der Waals surface area contributed by atoms with Crippen LogP contribution in [0.1, 0.15) is 43.0 Å². The van der Waals surface area contributed by atoms with Gasteiger partial charge in [-0.2, -0.15) is 0 Å². The summed E-state index contributed by atoms with van der Waals surface area (Å²) in [4.78, 5) is 46.3. The quantitative estimate of drug-likeness (QED) is 0.0613. The first-order valence-electron chi connectivity index (χ1n) is 21.9. The predicted molar refractivity (Wildman–Crippen MR) is 269 cm³/mol. The fourth-order valence-corrected chi connectivity index (χ4v) is 28.6. The molecule has 2 atom stereocenters. The van der Waals surface area contributed by atoms with Crippen LogP contribution < -0.4 is 35.6 Å². The molecular weight excluding hydrogens is 1210 g/mol. The first-order chi connectivity index (χ1) is 32.7. The van der Waals surface area contributed by atoms with Gasteiger partial charge in [-0.05, 0) is 0 Å². The predicted octanol–water partition coefficient (Wildman–Crippen LogP) is 7.09. The van der Waals surface area contributed by atoms with Crippen molar-refractivity contribution in [3.8, 4) is 0 Å². The van der Waals surface area contributed by atoms with Crippen molar-refractivity contribution in [1.82, 2.24) is 10.6 Å². The Bertz CT molecular complexity index is 2690. The van der Waals surface area contributed by atoms with Gasteiger partial charge >= 0.3 is 402 Å². The van der Waals surface area contributed by atoms with E-state index in [0.29, 0.717) is 12.8 Å². The molecule has 8 nitrogen and oxygen atoms in total. The van der Waals surface area contributed by atoms with E-state index in [1.807, 2.05) is 24.3 Å². The molecule has 4 aliphatic carbocycles. The largest absolute Gasteiger partial charge is 0 e. The maximum Gasteiger partial charge on any atom is 0 e. The normalized spacial score (nSPS) is 16.3. The number of hydrogen-bond donors (Lipinski definition) is 4. The molecule has 67 heavy (non-hydrogen) atoms. The molecule has 4 aliphatic rings. The van der Waals surface area contributed by atoms with Gasteiger partial charge < -0.3 is 0 Å². The summed E-state index contributed by atoms with van der Waals surface area (Å²) in [7, 11) is 0. The van der Waals surface area contributed by atoms with Crippen molar-refractivity contribution < 1.29 is 45.0 Å². The van der Waals surface area contributed by atoms with Gasteiger partial charge in [0.25, 0.3) is 0 Å². The smallest absolute Gasteiger partial charge is 0 e. The maximum atomic E-state index is 11.8. The third-order valence-corrected chi connectivity index (χ3v) is 30.0. The molecule has 11 heteroatoms. The third kappa shape index (κ3) is 9.77. The minimum atomic E-state index is -2.64. The minimum absolute atomic E-state index is 0. The Labute approximate surface area is 424 Å². The van der Waals surface area contributed by atoms with Crippen LogP contribution in [0.2, 0.25) is 0 Å². The fourth-order valence-electron chi connectivity index (χ4n) is 9.89. The second kappa shape index (κ2) is 22.7. The van der Waals surface area contributed by atoms with Crippen molar-refractivity contribution in [3.63, 3.8) is 0 Å². The van der Waals surface area contributed by atoms with Crippen molar-refractivity contribution in [2.75, 3.05) is 10.6 Å². The van der Waals surface area contributed by atoms with E-state index in [4.69, 9.17) is 0 Å². The van der Waals surface area contributed by atoms with Crippen LogP contribution in [-0.2, 0) is 45.0 Å². The van der Waals surface area contributed by atoms with Crippen LogP contribution >= 0.6 is 0 Å².